The maximum absolute atomic E-state index is 11.2. The van der Waals surface area contributed by atoms with Crippen LogP contribution in [0.1, 0.15) is 31.5 Å². The van der Waals surface area contributed by atoms with Crippen LogP contribution in [0.25, 0.3) is 5.65 Å². The standard InChI is InChI=1S/C15H21N3O2/c1-10(2)7-13(15(19)20)16-8-12-9-18-6-4-5-11(3)14(18)17-12/h4-6,9-10,13,16H,7-8H2,1-3H3,(H,19,20). The normalized spacial score (nSPS) is 13.0. The quantitative estimate of drug-likeness (QED) is 0.848. The number of hydrogen-bond donors (Lipinski definition) is 2. The third-order valence-electron chi connectivity index (χ3n) is 3.26. The van der Waals surface area contributed by atoms with E-state index in [1.54, 1.807) is 0 Å². The van der Waals surface area contributed by atoms with Crippen molar-refractivity contribution in [3.63, 3.8) is 0 Å². The first kappa shape index (κ1) is 14.5. The fourth-order valence-corrected chi connectivity index (χ4v) is 2.26. The SMILES string of the molecule is Cc1cccn2cc(CNC(CC(C)C)C(=O)O)nc12. The van der Waals surface area contributed by atoms with Gasteiger partial charge in [-0.3, -0.25) is 10.1 Å². The zero-order chi connectivity index (χ0) is 14.7. The molecule has 108 valence electrons. The van der Waals surface area contributed by atoms with Crippen molar-refractivity contribution in [2.75, 3.05) is 0 Å². The van der Waals surface area contributed by atoms with Gasteiger partial charge in [0, 0.05) is 18.9 Å². The van der Waals surface area contributed by atoms with Crippen LogP contribution in [-0.4, -0.2) is 26.5 Å². The molecule has 0 saturated heterocycles. The Kier molecular flexibility index (Phi) is 4.39. The average Bonchev–Trinajstić information content (AvgIpc) is 2.78. The number of rotatable bonds is 6. The van der Waals surface area contributed by atoms with E-state index in [0.717, 1.165) is 16.9 Å². The molecular formula is C15H21N3O2. The number of pyridine rings is 1. The second kappa shape index (κ2) is 6.05. The van der Waals surface area contributed by atoms with Gasteiger partial charge in [0.25, 0.3) is 0 Å². The molecule has 2 aromatic rings. The predicted octanol–water partition coefficient (Wildman–Crippen LogP) is 2.23. The van der Waals surface area contributed by atoms with Gasteiger partial charge in [0.1, 0.15) is 11.7 Å². The highest BCUT2D eigenvalue weighted by atomic mass is 16.4. The summed E-state index contributed by atoms with van der Waals surface area (Å²) in [6.07, 6.45) is 4.49. The molecule has 0 saturated carbocycles. The van der Waals surface area contributed by atoms with Crippen LogP contribution < -0.4 is 5.32 Å². The number of fused-ring (bicyclic) bond motifs is 1. The van der Waals surface area contributed by atoms with Crippen LogP contribution >= 0.6 is 0 Å². The van der Waals surface area contributed by atoms with E-state index in [2.05, 4.69) is 10.3 Å². The van der Waals surface area contributed by atoms with Crippen LogP contribution in [0.15, 0.2) is 24.5 Å². The summed E-state index contributed by atoms with van der Waals surface area (Å²) >= 11 is 0. The third-order valence-corrected chi connectivity index (χ3v) is 3.26. The van der Waals surface area contributed by atoms with Crippen LogP contribution in [-0.2, 0) is 11.3 Å². The molecule has 5 heteroatoms. The van der Waals surface area contributed by atoms with Crippen molar-refractivity contribution >= 4 is 11.6 Å². The fourth-order valence-electron chi connectivity index (χ4n) is 2.26. The Morgan fingerprint density at radius 3 is 2.85 bits per heavy atom. The number of aliphatic carboxylic acids is 1. The maximum atomic E-state index is 11.2. The van der Waals surface area contributed by atoms with E-state index < -0.39 is 12.0 Å². The van der Waals surface area contributed by atoms with Crippen molar-refractivity contribution in [3.05, 3.63) is 35.8 Å². The molecule has 0 radical (unpaired) electrons. The maximum Gasteiger partial charge on any atom is 0.320 e. The summed E-state index contributed by atoms with van der Waals surface area (Å²) in [6.45, 7) is 6.51. The molecular weight excluding hydrogens is 254 g/mol. The van der Waals surface area contributed by atoms with Gasteiger partial charge >= 0.3 is 5.97 Å². The topological polar surface area (TPSA) is 66.6 Å². The Balaban J connectivity index is 2.08. The van der Waals surface area contributed by atoms with Crippen molar-refractivity contribution in [2.45, 2.75) is 39.8 Å². The van der Waals surface area contributed by atoms with E-state index in [9.17, 15) is 9.90 Å². The first-order valence-electron chi connectivity index (χ1n) is 6.86. The number of hydrogen-bond acceptors (Lipinski definition) is 3. The molecule has 2 rings (SSSR count). The summed E-state index contributed by atoms with van der Waals surface area (Å²) in [5.74, 6) is -0.467. The molecule has 2 heterocycles. The van der Waals surface area contributed by atoms with Gasteiger partial charge in [-0.2, -0.15) is 0 Å². The molecule has 20 heavy (non-hydrogen) atoms. The summed E-state index contributed by atoms with van der Waals surface area (Å²) in [7, 11) is 0. The van der Waals surface area contributed by atoms with E-state index in [1.807, 2.05) is 49.7 Å². The van der Waals surface area contributed by atoms with E-state index in [-0.39, 0.29) is 0 Å². The minimum Gasteiger partial charge on any atom is -0.480 e. The van der Waals surface area contributed by atoms with Gasteiger partial charge in [0.05, 0.1) is 5.69 Å². The molecule has 5 nitrogen and oxygen atoms in total. The lowest BCUT2D eigenvalue weighted by Gasteiger charge is -2.15. The summed E-state index contributed by atoms with van der Waals surface area (Å²) < 4.78 is 1.96. The highest BCUT2D eigenvalue weighted by molar-refractivity contribution is 5.73. The predicted molar refractivity (Wildman–Crippen MR) is 77.6 cm³/mol. The van der Waals surface area contributed by atoms with Gasteiger partial charge < -0.3 is 9.51 Å². The van der Waals surface area contributed by atoms with Crippen LogP contribution in [0.5, 0.6) is 0 Å². The Hall–Kier alpha value is -1.88. The number of carbonyl (C=O) groups is 1. The van der Waals surface area contributed by atoms with Gasteiger partial charge in [0.2, 0.25) is 0 Å². The highest BCUT2D eigenvalue weighted by Crippen LogP contribution is 2.11. The van der Waals surface area contributed by atoms with Crippen LogP contribution in [0.4, 0.5) is 0 Å². The van der Waals surface area contributed by atoms with Crippen molar-refractivity contribution < 1.29 is 9.90 Å². The Bertz CT molecular complexity index is 604. The van der Waals surface area contributed by atoms with E-state index >= 15 is 0 Å². The van der Waals surface area contributed by atoms with Crippen molar-refractivity contribution in [2.24, 2.45) is 5.92 Å². The van der Waals surface area contributed by atoms with Crippen molar-refractivity contribution in [1.82, 2.24) is 14.7 Å². The van der Waals surface area contributed by atoms with Crippen molar-refractivity contribution in [1.29, 1.82) is 0 Å². The van der Waals surface area contributed by atoms with Crippen LogP contribution in [0.3, 0.4) is 0 Å². The van der Waals surface area contributed by atoms with E-state index in [4.69, 9.17) is 0 Å². The number of nitrogens with zero attached hydrogens (tertiary/aromatic N) is 2. The summed E-state index contributed by atoms with van der Waals surface area (Å²) in [5, 5.41) is 12.3. The number of aryl methyl sites for hydroxylation is 1. The largest absolute Gasteiger partial charge is 0.480 e. The Morgan fingerprint density at radius 1 is 1.50 bits per heavy atom. The Labute approximate surface area is 118 Å². The molecule has 0 amide bonds. The number of carboxylic acid groups (broad SMARTS) is 1. The van der Waals surface area contributed by atoms with Gasteiger partial charge in [-0.15, -0.1) is 0 Å². The molecule has 0 aromatic carbocycles. The number of carboxylic acids is 1. The lowest BCUT2D eigenvalue weighted by Crippen LogP contribution is -2.37. The van der Waals surface area contributed by atoms with Gasteiger partial charge in [-0.1, -0.05) is 19.9 Å². The molecule has 0 fully saturated rings. The molecule has 1 atom stereocenters. The molecule has 0 spiro atoms. The second-order valence-electron chi connectivity index (χ2n) is 5.56. The van der Waals surface area contributed by atoms with Crippen molar-refractivity contribution in [3.8, 4) is 0 Å². The van der Waals surface area contributed by atoms with E-state index in [0.29, 0.717) is 18.9 Å². The second-order valence-corrected chi connectivity index (χ2v) is 5.56. The lowest BCUT2D eigenvalue weighted by molar-refractivity contribution is -0.140. The molecule has 1 unspecified atom stereocenters. The molecule has 2 N–H and O–H groups in total. The third kappa shape index (κ3) is 3.36. The van der Waals surface area contributed by atoms with E-state index in [1.165, 1.54) is 0 Å². The number of imidazole rings is 1. The minimum absolute atomic E-state index is 0.340. The fraction of sp³-hybridized carbons (Fsp3) is 0.467. The van der Waals surface area contributed by atoms with Gasteiger partial charge in [-0.25, -0.2) is 4.98 Å². The zero-order valence-corrected chi connectivity index (χ0v) is 12.1. The number of aromatic nitrogens is 2. The lowest BCUT2D eigenvalue weighted by atomic mass is 10.0. The smallest absolute Gasteiger partial charge is 0.320 e. The average molecular weight is 275 g/mol. The molecule has 0 aliphatic heterocycles. The first-order valence-corrected chi connectivity index (χ1v) is 6.86. The monoisotopic (exact) mass is 275 g/mol. The minimum atomic E-state index is -0.807. The molecule has 0 bridgehead atoms. The van der Waals surface area contributed by atoms with Gasteiger partial charge in [-0.05, 0) is 30.9 Å². The zero-order valence-electron chi connectivity index (χ0n) is 12.1. The highest BCUT2D eigenvalue weighted by Gasteiger charge is 2.18. The first-order chi connectivity index (χ1) is 9.47. The van der Waals surface area contributed by atoms with Crippen LogP contribution in [0.2, 0.25) is 0 Å². The summed E-state index contributed by atoms with van der Waals surface area (Å²) in [6, 6.07) is 3.46. The molecule has 0 aliphatic rings. The summed E-state index contributed by atoms with van der Waals surface area (Å²) in [4.78, 5) is 15.7. The van der Waals surface area contributed by atoms with Gasteiger partial charge in [0.15, 0.2) is 0 Å². The summed E-state index contributed by atoms with van der Waals surface area (Å²) in [5.41, 5.74) is 2.88. The van der Waals surface area contributed by atoms with Crippen LogP contribution in [0, 0.1) is 12.8 Å². The number of nitrogens with one attached hydrogen (secondary N) is 1. The molecule has 0 aliphatic carbocycles. The molecule has 2 aromatic heterocycles. The Morgan fingerprint density at radius 2 is 2.25 bits per heavy atom.